The summed E-state index contributed by atoms with van der Waals surface area (Å²) in [7, 11) is 1.69. The van der Waals surface area contributed by atoms with Crippen molar-refractivity contribution in [1.29, 1.82) is 0 Å². The molecule has 1 aromatic rings. The topological polar surface area (TPSA) is 65.1 Å². The van der Waals surface area contributed by atoms with Crippen LogP contribution in [0.2, 0.25) is 0 Å². The lowest BCUT2D eigenvalue weighted by Crippen LogP contribution is -2.38. The van der Waals surface area contributed by atoms with Gasteiger partial charge in [0.1, 0.15) is 0 Å². The van der Waals surface area contributed by atoms with Crippen LogP contribution in [0.5, 0.6) is 0 Å². The molecule has 0 aliphatic heterocycles. The van der Waals surface area contributed by atoms with Crippen LogP contribution in [0.25, 0.3) is 0 Å². The van der Waals surface area contributed by atoms with E-state index in [2.05, 4.69) is 33.4 Å². The molecule has 6 heteroatoms. The van der Waals surface area contributed by atoms with Gasteiger partial charge >= 0.3 is 0 Å². The third-order valence-corrected chi connectivity index (χ3v) is 3.29. The summed E-state index contributed by atoms with van der Waals surface area (Å²) in [5.41, 5.74) is 3.83. The molecule has 0 bridgehead atoms. The van der Waals surface area contributed by atoms with E-state index in [9.17, 15) is 0 Å². The Bertz CT molecular complexity index is 325. The second-order valence-corrected chi connectivity index (χ2v) is 4.37. The molecule has 1 rings (SSSR count). The van der Waals surface area contributed by atoms with Gasteiger partial charge in [-0.2, -0.15) is 5.10 Å². The number of ether oxygens (including phenoxy) is 1. The van der Waals surface area contributed by atoms with E-state index in [4.69, 9.17) is 10.6 Å². The molecular weight excluding hydrogens is 272 g/mol. The number of nitrogens with two attached hydrogens (primary N) is 1. The van der Waals surface area contributed by atoms with Crippen LogP contribution in [-0.4, -0.2) is 23.0 Å². The fraction of sp³-hybridized carbons (Fsp3) is 0.700. The van der Waals surface area contributed by atoms with E-state index < -0.39 is 0 Å². The molecule has 2 atom stereocenters. The molecule has 1 aromatic heterocycles. The number of hydrogen-bond acceptors (Lipinski definition) is 4. The molecule has 0 spiro atoms. The number of nitrogens with one attached hydrogen (secondary N) is 1. The van der Waals surface area contributed by atoms with Crippen molar-refractivity contribution in [2.24, 2.45) is 5.84 Å². The highest BCUT2D eigenvalue weighted by atomic mass is 79.9. The first-order valence-corrected chi connectivity index (χ1v) is 6.18. The summed E-state index contributed by atoms with van der Waals surface area (Å²) in [6.45, 7) is 4.92. The minimum atomic E-state index is -0.0631. The summed E-state index contributed by atoms with van der Waals surface area (Å²) in [5, 5.41) is 4.27. The number of methoxy groups -OCH3 is 1. The lowest BCUT2D eigenvalue weighted by atomic mass is 10.1. The van der Waals surface area contributed by atoms with E-state index in [1.54, 1.807) is 13.3 Å². The second kappa shape index (κ2) is 6.34. The molecule has 5 nitrogen and oxygen atoms in total. The summed E-state index contributed by atoms with van der Waals surface area (Å²) < 4.78 is 8.29. The fourth-order valence-corrected chi connectivity index (χ4v) is 2.38. The predicted octanol–water partition coefficient (Wildman–Crippen LogP) is 1.59. The number of aromatic nitrogens is 2. The molecule has 0 fully saturated rings. The Hall–Kier alpha value is -0.430. The average molecular weight is 291 g/mol. The maximum absolute atomic E-state index is 5.62. The highest BCUT2D eigenvalue weighted by molar-refractivity contribution is 9.10. The summed E-state index contributed by atoms with van der Waals surface area (Å²) in [6.07, 6.45) is 2.70. The molecule has 1 heterocycles. The third kappa shape index (κ3) is 2.63. The Balaban J connectivity index is 3.06. The number of aryl methyl sites for hydroxylation is 1. The van der Waals surface area contributed by atoms with E-state index in [0.717, 1.165) is 23.1 Å². The van der Waals surface area contributed by atoms with Crippen molar-refractivity contribution in [3.63, 3.8) is 0 Å². The highest BCUT2D eigenvalue weighted by Crippen LogP contribution is 2.27. The SMILES string of the molecule is CCC(OC)C(NN)c1c(Br)cnn1CC. The van der Waals surface area contributed by atoms with Gasteiger partial charge in [0.15, 0.2) is 0 Å². The Kier molecular flexibility index (Phi) is 5.40. The van der Waals surface area contributed by atoms with Crippen LogP contribution in [0.4, 0.5) is 0 Å². The van der Waals surface area contributed by atoms with E-state index in [-0.39, 0.29) is 12.1 Å². The molecule has 0 saturated heterocycles. The van der Waals surface area contributed by atoms with Crippen LogP contribution < -0.4 is 11.3 Å². The number of hydrazine groups is 1. The lowest BCUT2D eigenvalue weighted by molar-refractivity contribution is 0.0620. The quantitative estimate of drug-likeness (QED) is 0.617. The van der Waals surface area contributed by atoms with Crippen molar-refractivity contribution >= 4 is 15.9 Å². The minimum absolute atomic E-state index is 0.0308. The van der Waals surface area contributed by atoms with E-state index in [1.165, 1.54) is 0 Å². The van der Waals surface area contributed by atoms with Crippen LogP contribution in [-0.2, 0) is 11.3 Å². The van der Waals surface area contributed by atoms with Crippen LogP contribution in [0.3, 0.4) is 0 Å². The zero-order valence-electron chi connectivity index (χ0n) is 9.90. The van der Waals surface area contributed by atoms with Crippen LogP contribution >= 0.6 is 15.9 Å². The van der Waals surface area contributed by atoms with Crippen LogP contribution in [0.1, 0.15) is 32.0 Å². The molecule has 92 valence electrons. The molecule has 2 unspecified atom stereocenters. The number of halogens is 1. The first-order chi connectivity index (χ1) is 7.69. The number of rotatable bonds is 6. The van der Waals surface area contributed by atoms with Crippen molar-refractivity contribution in [2.45, 2.75) is 39.0 Å². The van der Waals surface area contributed by atoms with Gasteiger partial charge in [-0.15, -0.1) is 0 Å². The monoisotopic (exact) mass is 290 g/mol. The first kappa shape index (κ1) is 13.6. The predicted molar refractivity (Wildman–Crippen MR) is 66.8 cm³/mol. The summed E-state index contributed by atoms with van der Waals surface area (Å²) in [5.74, 6) is 5.62. The third-order valence-electron chi connectivity index (χ3n) is 2.68. The van der Waals surface area contributed by atoms with Gasteiger partial charge in [0.25, 0.3) is 0 Å². The number of hydrogen-bond donors (Lipinski definition) is 2. The van der Waals surface area contributed by atoms with Gasteiger partial charge in [-0.1, -0.05) is 6.92 Å². The molecule has 0 radical (unpaired) electrons. The van der Waals surface area contributed by atoms with E-state index >= 15 is 0 Å². The normalized spacial score (nSPS) is 15.1. The molecule has 0 aromatic carbocycles. The fourth-order valence-electron chi connectivity index (χ4n) is 1.83. The zero-order chi connectivity index (χ0) is 12.1. The summed E-state index contributed by atoms with van der Waals surface area (Å²) in [4.78, 5) is 0. The Morgan fingerprint density at radius 1 is 1.62 bits per heavy atom. The highest BCUT2D eigenvalue weighted by Gasteiger charge is 2.26. The van der Waals surface area contributed by atoms with Crippen molar-refractivity contribution in [3.8, 4) is 0 Å². The molecule has 0 aliphatic rings. The van der Waals surface area contributed by atoms with E-state index in [0.29, 0.717) is 0 Å². The van der Waals surface area contributed by atoms with Gasteiger partial charge in [-0.3, -0.25) is 10.5 Å². The van der Waals surface area contributed by atoms with Gasteiger partial charge < -0.3 is 4.74 Å². The smallest absolute Gasteiger partial charge is 0.0901 e. The zero-order valence-corrected chi connectivity index (χ0v) is 11.5. The lowest BCUT2D eigenvalue weighted by Gasteiger charge is -2.25. The van der Waals surface area contributed by atoms with Crippen molar-refractivity contribution in [2.75, 3.05) is 7.11 Å². The largest absolute Gasteiger partial charge is 0.379 e. The minimum Gasteiger partial charge on any atom is -0.379 e. The van der Waals surface area contributed by atoms with Gasteiger partial charge in [0.05, 0.1) is 28.5 Å². The van der Waals surface area contributed by atoms with Gasteiger partial charge in [-0.25, -0.2) is 5.43 Å². The summed E-state index contributed by atoms with van der Waals surface area (Å²) in [6, 6.07) is -0.0631. The van der Waals surface area contributed by atoms with E-state index in [1.807, 2.05) is 11.6 Å². The van der Waals surface area contributed by atoms with Gasteiger partial charge in [-0.05, 0) is 29.3 Å². The average Bonchev–Trinajstić information content (AvgIpc) is 2.67. The van der Waals surface area contributed by atoms with Crippen molar-refractivity contribution in [3.05, 3.63) is 16.4 Å². The number of nitrogens with zero attached hydrogens (tertiary/aromatic N) is 2. The van der Waals surface area contributed by atoms with Crippen molar-refractivity contribution < 1.29 is 4.74 Å². The standard InChI is InChI=1S/C10H19BrN4O/c1-4-8(16-3)9(14-12)10-7(11)6-13-15(10)5-2/h6,8-9,14H,4-5,12H2,1-3H3. The Labute approximate surface area is 104 Å². The molecule has 3 N–H and O–H groups in total. The molecule has 16 heavy (non-hydrogen) atoms. The van der Waals surface area contributed by atoms with Gasteiger partial charge in [0.2, 0.25) is 0 Å². The molecule has 0 aliphatic carbocycles. The second-order valence-electron chi connectivity index (χ2n) is 3.52. The maximum atomic E-state index is 5.62. The molecular formula is C10H19BrN4O. The maximum Gasteiger partial charge on any atom is 0.0901 e. The Morgan fingerprint density at radius 2 is 2.31 bits per heavy atom. The summed E-state index contributed by atoms with van der Waals surface area (Å²) >= 11 is 3.49. The van der Waals surface area contributed by atoms with Crippen molar-refractivity contribution in [1.82, 2.24) is 15.2 Å². The van der Waals surface area contributed by atoms with Crippen LogP contribution in [0.15, 0.2) is 10.7 Å². The molecule has 0 amide bonds. The van der Waals surface area contributed by atoms with Crippen LogP contribution in [0, 0.1) is 0 Å². The van der Waals surface area contributed by atoms with Gasteiger partial charge in [0, 0.05) is 13.7 Å². The molecule has 0 saturated carbocycles. The Morgan fingerprint density at radius 3 is 2.75 bits per heavy atom. The first-order valence-electron chi connectivity index (χ1n) is 5.39.